The van der Waals surface area contributed by atoms with E-state index < -0.39 is 0 Å². The molecule has 0 aliphatic heterocycles. The standard InChI is InChI=1S/C10H14N2O2/c1-10(14-7-11)4-2-3-9(5-10)6-12-8-13/h9H,2-6H2,1H3. The van der Waals surface area contributed by atoms with Crippen molar-refractivity contribution in [1.29, 1.82) is 5.26 Å². The molecule has 1 aliphatic rings. The molecule has 0 aromatic rings. The smallest absolute Gasteiger partial charge is 0.286 e. The number of nitriles is 1. The summed E-state index contributed by atoms with van der Waals surface area (Å²) in [4.78, 5) is 13.5. The number of ether oxygens (including phenoxy) is 1. The highest BCUT2D eigenvalue weighted by molar-refractivity contribution is 5.32. The first-order valence-electron chi connectivity index (χ1n) is 4.81. The van der Waals surface area contributed by atoms with Gasteiger partial charge in [0.25, 0.3) is 6.26 Å². The highest BCUT2D eigenvalue weighted by Gasteiger charge is 2.33. The van der Waals surface area contributed by atoms with Crippen molar-refractivity contribution >= 4 is 6.08 Å². The number of hydrogen-bond acceptors (Lipinski definition) is 4. The maximum atomic E-state index is 9.96. The average Bonchev–Trinajstić information content (AvgIpc) is 2.15. The minimum absolute atomic E-state index is 0.351. The molecule has 76 valence electrons. The molecule has 2 atom stereocenters. The Bertz CT molecular complexity index is 278. The van der Waals surface area contributed by atoms with E-state index >= 15 is 0 Å². The Morgan fingerprint density at radius 3 is 3.14 bits per heavy atom. The molecule has 0 spiro atoms. The SMILES string of the molecule is CC1(OC#N)CCCC(CN=C=O)C1. The van der Waals surface area contributed by atoms with Gasteiger partial charge in [-0.15, -0.1) is 0 Å². The Labute approximate surface area is 83.6 Å². The third-order valence-electron chi connectivity index (χ3n) is 2.74. The predicted octanol–water partition coefficient (Wildman–Crippen LogP) is 1.77. The summed E-state index contributed by atoms with van der Waals surface area (Å²) in [5, 5.41) is 8.49. The lowest BCUT2D eigenvalue weighted by Crippen LogP contribution is -2.34. The number of rotatable bonds is 3. The van der Waals surface area contributed by atoms with Crippen LogP contribution in [0.4, 0.5) is 0 Å². The van der Waals surface area contributed by atoms with E-state index in [1.54, 1.807) is 12.3 Å². The number of nitrogens with zero attached hydrogens (tertiary/aromatic N) is 2. The summed E-state index contributed by atoms with van der Waals surface area (Å²) in [6.07, 6.45) is 7.07. The first-order chi connectivity index (χ1) is 6.70. The van der Waals surface area contributed by atoms with E-state index in [0.717, 1.165) is 25.7 Å². The quantitative estimate of drug-likeness (QED) is 0.390. The number of hydrogen-bond donors (Lipinski definition) is 0. The topological polar surface area (TPSA) is 62.4 Å². The first kappa shape index (κ1) is 10.7. The molecule has 1 aliphatic carbocycles. The van der Waals surface area contributed by atoms with Crippen LogP contribution in [-0.4, -0.2) is 18.2 Å². The fraction of sp³-hybridized carbons (Fsp3) is 0.800. The maximum absolute atomic E-state index is 9.96. The second kappa shape index (κ2) is 4.78. The van der Waals surface area contributed by atoms with Crippen molar-refractivity contribution in [3.8, 4) is 6.26 Å². The Morgan fingerprint density at radius 2 is 2.50 bits per heavy atom. The number of aliphatic imine (C=N–C) groups is 1. The van der Waals surface area contributed by atoms with Gasteiger partial charge >= 0.3 is 0 Å². The van der Waals surface area contributed by atoms with E-state index in [1.165, 1.54) is 0 Å². The van der Waals surface area contributed by atoms with Crippen LogP contribution in [0.2, 0.25) is 0 Å². The molecule has 4 heteroatoms. The van der Waals surface area contributed by atoms with Gasteiger partial charge in [-0.1, -0.05) is 0 Å². The van der Waals surface area contributed by atoms with E-state index in [-0.39, 0.29) is 5.60 Å². The van der Waals surface area contributed by atoms with E-state index in [1.807, 2.05) is 6.92 Å². The molecule has 2 unspecified atom stereocenters. The van der Waals surface area contributed by atoms with Gasteiger partial charge in [0.1, 0.15) is 5.60 Å². The van der Waals surface area contributed by atoms with Gasteiger partial charge in [0, 0.05) is 0 Å². The maximum Gasteiger partial charge on any atom is 0.286 e. The lowest BCUT2D eigenvalue weighted by Gasteiger charge is -2.34. The van der Waals surface area contributed by atoms with Gasteiger partial charge in [-0.25, -0.2) is 9.79 Å². The third-order valence-corrected chi connectivity index (χ3v) is 2.74. The largest absolute Gasteiger partial charge is 0.421 e. The molecule has 0 amide bonds. The van der Waals surface area contributed by atoms with Crippen molar-refractivity contribution in [2.75, 3.05) is 6.54 Å². The van der Waals surface area contributed by atoms with Gasteiger partial charge in [0.15, 0.2) is 0 Å². The van der Waals surface area contributed by atoms with Crippen LogP contribution in [0.25, 0.3) is 0 Å². The lowest BCUT2D eigenvalue weighted by molar-refractivity contribution is -0.000802. The molecule has 0 aromatic carbocycles. The molecule has 0 heterocycles. The molecule has 1 saturated carbocycles. The molecular weight excluding hydrogens is 180 g/mol. The minimum Gasteiger partial charge on any atom is -0.421 e. The molecule has 14 heavy (non-hydrogen) atoms. The van der Waals surface area contributed by atoms with Crippen LogP contribution in [0.3, 0.4) is 0 Å². The lowest BCUT2D eigenvalue weighted by atomic mass is 9.79. The van der Waals surface area contributed by atoms with Crippen LogP contribution in [0, 0.1) is 17.4 Å². The fourth-order valence-corrected chi connectivity index (χ4v) is 2.10. The first-order valence-corrected chi connectivity index (χ1v) is 4.81. The molecule has 0 saturated heterocycles. The van der Waals surface area contributed by atoms with Crippen LogP contribution < -0.4 is 0 Å². The van der Waals surface area contributed by atoms with Crippen LogP contribution in [-0.2, 0) is 9.53 Å². The average molecular weight is 194 g/mol. The molecule has 0 bridgehead atoms. The van der Waals surface area contributed by atoms with Gasteiger partial charge in [-0.3, -0.25) is 0 Å². The predicted molar refractivity (Wildman–Crippen MR) is 50.0 cm³/mol. The van der Waals surface area contributed by atoms with Crippen molar-refractivity contribution in [3.05, 3.63) is 0 Å². The fourth-order valence-electron chi connectivity index (χ4n) is 2.10. The van der Waals surface area contributed by atoms with Gasteiger partial charge in [-0.05, 0) is 38.5 Å². The summed E-state index contributed by atoms with van der Waals surface area (Å²) in [7, 11) is 0. The Kier molecular flexibility index (Phi) is 3.67. The number of carbonyl (C=O) groups excluding carboxylic acids is 1. The van der Waals surface area contributed by atoms with Crippen LogP contribution in [0.1, 0.15) is 32.6 Å². The van der Waals surface area contributed by atoms with E-state index in [4.69, 9.17) is 10.00 Å². The highest BCUT2D eigenvalue weighted by Crippen LogP contribution is 2.34. The molecular formula is C10H14N2O2. The zero-order valence-corrected chi connectivity index (χ0v) is 8.32. The summed E-state index contributed by atoms with van der Waals surface area (Å²) in [6.45, 7) is 2.45. The monoisotopic (exact) mass is 194 g/mol. The third kappa shape index (κ3) is 2.86. The molecule has 0 radical (unpaired) electrons. The molecule has 1 fully saturated rings. The molecule has 4 nitrogen and oxygen atoms in total. The highest BCUT2D eigenvalue weighted by atomic mass is 16.5. The normalized spacial score (nSPS) is 31.3. The Morgan fingerprint density at radius 1 is 1.71 bits per heavy atom. The second-order valence-corrected chi connectivity index (χ2v) is 4.04. The van der Waals surface area contributed by atoms with Gasteiger partial charge in [-0.2, -0.15) is 5.26 Å². The molecule has 0 aromatic heterocycles. The molecule has 0 N–H and O–H groups in total. The Balaban J connectivity index is 2.51. The van der Waals surface area contributed by atoms with Crippen molar-refractivity contribution in [3.63, 3.8) is 0 Å². The van der Waals surface area contributed by atoms with Crippen molar-refractivity contribution in [1.82, 2.24) is 0 Å². The van der Waals surface area contributed by atoms with Gasteiger partial charge in [0.05, 0.1) is 6.54 Å². The van der Waals surface area contributed by atoms with Crippen LogP contribution >= 0.6 is 0 Å². The minimum atomic E-state index is -0.351. The van der Waals surface area contributed by atoms with Crippen molar-refractivity contribution < 1.29 is 9.53 Å². The molecule has 1 rings (SSSR count). The zero-order chi connectivity index (χ0) is 10.4. The summed E-state index contributed by atoms with van der Waals surface area (Å²) >= 11 is 0. The van der Waals surface area contributed by atoms with Crippen molar-refractivity contribution in [2.24, 2.45) is 10.9 Å². The summed E-state index contributed by atoms with van der Waals surface area (Å²) < 4.78 is 5.05. The summed E-state index contributed by atoms with van der Waals surface area (Å²) in [6, 6.07) is 0. The van der Waals surface area contributed by atoms with Crippen LogP contribution in [0.15, 0.2) is 4.99 Å². The van der Waals surface area contributed by atoms with E-state index in [2.05, 4.69) is 4.99 Å². The zero-order valence-electron chi connectivity index (χ0n) is 8.32. The van der Waals surface area contributed by atoms with Crippen LogP contribution in [0.5, 0.6) is 0 Å². The second-order valence-electron chi connectivity index (χ2n) is 4.04. The van der Waals surface area contributed by atoms with E-state index in [9.17, 15) is 4.79 Å². The summed E-state index contributed by atoms with van der Waals surface area (Å²) in [5.74, 6) is 0.351. The van der Waals surface area contributed by atoms with Gasteiger partial charge in [0.2, 0.25) is 6.08 Å². The Hall–Kier alpha value is -1.33. The van der Waals surface area contributed by atoms with Crippen molar-refractivity contribution in [2.45, 2.75) is 38.2 Å². The number of isocyanates is 1. The van der Waals surface area contributed by atoms with Gasteiger partial charge < -0.3 is 4.74 Å². The van der Waals surface area contributed by atoms with E-state index in [0.29, 0.717) is 12.5 Å². The summed E-state index contributed by atoms with van der Waals surface area (Å²) in [5.41, 5.74) is -0.351.